The zero-order chi connectivity index (χ0) is 85.7. The van der Waals surface area contributed by atoms with Crippen molar-refractivity contribution in [2.45, 2.75) is 127 Å². The number of carbonyl (C=O) groups is 4. The van der Waals surface area contributed by atoms with E-state index in [1.807, 2.05) is 111 Å². The molecule has 6 aliphatic rings. The van der Waals surface area contributed by atoms with E-state index in [0.29, 0.717) is 106 Å². The normalized spacial score (nSPS) is 16.6. The van der Waals surface area contributed by atoms with Gasteiger partial charge in [-0.25, -0.2) is 0 Å². The third kappa shape index (κ3) is 16.9. The Morgan fingerprint density at radius 1 is 0.434 bits per heavy atom. The first-order valence-corrected chi connectivity index (χ1v) is 46.1. The lowest BCUT2D eigenvalue weighted by molar-refractivity contribution is 0.0973. The van der Waals surface area contributed by atoms with Gasteiger partial charge in [0.05, 0.1) is 74.2 Å². The predicted octanol–water partition coefficient (Wildman–Crippen LogP) is 18.5. The van der Waals surface area contributed by atoms with Crippen molar-refractivity contribution in [2.75, 3.05) is 133 Å². The molecule has 122 heavy (non-hydrogen) atoms. The summed E-state index contributed by atoms with van der Waals surface area (Å²) >= 11 is 0. The summed E-state index contributed by atoms with van der Waals surface area (Å²) in [4.78, 5) is 70.4. The van der Waals surface area contributed by atoms with E-state index in [9.17, 15) is 14.4 Å². The highest BCUT2D eigenvalue weighted by Crippen LogP contribution is 2.48. The Hall–Kier alpha value is -11.3. The molecular weight excluding hydrogens is 1610 g/mol. The highest BCUT2D eigenvalue weighted by molar-refractivity contribution is 8.77. The molecule has 634 valence electrons. The van der Waals surface area contributed by atoms with Crippen LogP contribution < -0.4 is 89.4 Å². The number of nitrogens with zero attached hydrogens (tertiary/aromatic N) is 6. The number of para-hydroxylation sites is 2. The smallest absolute Gasteiger partial charge is 0.260 e. The molecule has 4 amide bonds. The Bertz CT molecular complexity index is 5750. The maximum atomic E-state index is 15.1. The molecule has 6 heterocycles. The number of nitrogens with two attached hydrogens (primary N) is 2. The molecular formula is C96H104N10O12S4. The molecule has 4 atom stereocenters. The second kappa shape index (κ2) is 34.9. The number of hydrogen-bond acceptors (Lipinski definition) is 22. The molecule has 0 radical (unpaired) electrons. The lowest BCUT2D eigenvalue weighted by Gasteiger charge is -2.31. The number of carbonyl (C=O) groups excluding carboxylic acids is 4. The van der Waals surface area contributed by atoms with E-state index in [-0.39, 0.29) is 95.1 Å². The van der Waals surface area contributed by atoms with Gasteiger partial charge in [0.25, 0.3) is 23.6 Å². The number of benzene rings is 10. The van der Waals surface area contributed by atoms with Crippen LogP contribution in [0.4, 0.5) is 56.9 Å². The molecule has 6 aliphatic heterocycles. The van der Waals surface area contributed by atoms with Crippen molar-refractivity contribution in [1.82, 2.24) is 0 Å². The third-order valence-corrected chi connectivity index (χ3v) is 28.8. The zero-order valence-electron chi connectivity index (χ0n) is 71.3. The van der Waals surface area contributed by atoms with E-state index in [2.05, 4.69) is 148 Å². The average Bonchev–Trinajstić information content (AvgIpc) is 1.60. The monoisotopic (exact) mass is 1720 g/mol. The summed E-state index contributed by atoms with van der Waals surface area (Å²) < 4.78 is 50.1. The van der Waals surface area contributed by atoms with Crippen molar-refractivity contribution >= 4 is 124 Å². The van der Waals surface area contributed by atoms with E-state index < -0.39 is 0 Å². The van der Waals surface area contributed by atoms with E-state index in [0.717, 1.165) is 116 Å². The van der Waals surface area contributed by atoms with Crippen molar-refractivity contribution in [3.8, 4) is 57.1 Å². The van der Waals surface area contributed by atoms with Crippen molar-refractivity contribution < 1.29 is 57.1 Å². The van der Waals surface area contributed by atoms with E-state index in [4.69, 9.17) is 49.4 Å². The van der Waals surface area contributed by atoms with Crippen molar-refractivity contribution in [1.29, 1.82) is 0 Å². The second-order valence-electron chi connectivity index (χ2n) is 33.4. The van der Waals surface area contributed by atoms with E-state index in [1.54, 1.807) is 91.3 Å². The molecule has 0 saturated carbocycles. The van der Waals surface area contributed by atoms with Gasteiger partial charge in [0, 0.05) is 132 Å². The number of nitrogen functional groups attached to an aromatic ring is 2. The predicted molar refractivity (Wildman–Crippen MR) is 498 cm³/mol. The van der Waals surface area contributed by atoms with Crippen LogP contribution in [0.5, 0.6) is 46.0 Å². The molecule has 22 nitrogen and oxygen atoms in total. The van der Waals surface area contributed by atoms with Crippen molar-refractivity contribution in [3.05, 3.63) is 237 Å². The maximum Gasteiger partial charge on any atom is 0.260 e. The first-order valence-electron chi connectivity index (χ1n) is 41.0. The summed E-state index contributed by atoms with van der Waals surface area (Å²) in [7, 11) is 17.6. The number of nitrogens with one attached hydrogen (secondary N) is 2. The highest BCUT2D eigenvalue weighted by atomic mass is 33.1. The topological polar surface area (TPSA) is 238 Å². The van der Waals surface area contributed by atoms with Crippen LogP contribution in [0.25, 0.3) is 11.1 Å². The zero-order valence-corrected chi connectivity index (χ0v) is 74.6. The summed E-state index contributed by atoms with van der Waals surface area (Å²) in [6.45, 7) is 16.2. The lowest BCUT2D eigenvalue weighted by Crippen LogP contribution is -2.39. The summed E-state index contributed by atoms with van der Waals surface area (Å²) in [6, 6.07) is 54.7. The molecule has 0 aromatic heterocycles. The lowest BCUT2D eigenvalue weighted by atomic mass is 9.98. The van der Waals surface area contributed by atoms with Gasteiger partial charge in [0.15, 0.2) is 46.0 Å². The summed E-state index contributed by atoms with van der Waals surface area (Å²) in [5.74, 6) is 2.68. The Kier molecular flexibility index (Phi) is 24.1. The number of rotatable bonds is 29. The largest absolute Gasteiger partial charge is 0.493 e. The van der Waals surface area contributed by atoms with Crippen LogP contribution in [0, 0.1) is 0 Å². The molecule has 0 bridgehead atoms. The molecule has 26 heteroatoms. The van der Waals surface area contributed by atoms with Gasteiger partial charge >= 0.3 is 0 Å². The van der Waals surface area contributed by atoms with Crippen LogP contribution in [-0.2, 0) is 52.1 Å². The van der Waals surface area contributed by atoms with Gasteiger partial charge in [-0.05, 0) is 232 Å². The van der Waals surface area contributed by atoms with Gasteiger partial charge in [-0.1, -0.05) is 91.7 Å². The van der Waals surface area contributed by atoms with Crippen molar-refractivity contribution in [2.24, 2.45) is 0 Å². The van der Waals surface area contributed by atoms with Gasteiger partial charge in [-0.15, -0.1) is 0 Å². The first-order chi connectivity index (χ1) is 58.7. The Morgan fingerprint density at radius 3 is 1.21 bits per heavy atom. The van der Waals surface area contributed by atoms with Crippen LogP contribution in [0.1, 0.15) is 127 Å². The second-order valence-corrected chi connectivity index (χ2v) is 39.6. The number of hydrogen-bond donors (Lipinski definition) is 4. The highest BCUT2D eigenvalue weighted by Gasteiger charge is 2.42. The summed E-state index contributed by atoms with van der Waals surface area (Å²) in [5, 5.41) is 7.17. The average molecular weight is 1720 g/mol. The van der Waals surface area contributed by atoms with E-state index in [1.165, 1.54) is 0 Å². The van der Waals surface area contributed by atoms with Gasteiger partial charge in [0.2, 0.25) is 0 Å². The van der Waals surface area contributed by atoms with Gasteiger partial charge in [-0.2, -0.15) is 0 Å². The standard InChI is InChI=1S/C96H104N10O12S4/c1-55-27-63-19-15-17-21-79(63)103(55)91(107)71-39-83(111-9)87(43-75(71)97)115-49-57-29-60(34-67(31-57)101(7)53-95(3,4)121-119-13)52-118-90-46-78-74(42-86(90)114-12)94(110)106-70(48-100-78)38-66-36-62(24-26-82(66)106)61-23-25-81-65(35-61)28-56(2)104(81)92(108)72-40-84(112-10)88(44-76(72)98)116-50-58-30-59(33-68(32-58)102(8)54-96(5,6)122-120-14)51-117-89-45-77-73(41-85(89)113-11)93(109)105-69(47-99-77)37-64-20-16-18-22-80(64)105/h15-26,29-36,39-46,55-56,69-70,99-100H,27-28,37-38,47-54,97-98H2,1-14H3/t55-,56-,69+,70+/m1/s1. The minimum atomic E-state index is -0.258. The number of anilines is 10. The van der Waals surface area contributed by atoms with Crippen LogP contribution in [0.15, 0.2) is 170 Å². The summed E-state index contributed by atoms with van der Waals surface area (Å²) in [5.41, 5.74) is 32.3. The Balaban J connectivity index is 0.587. The number of fused-ring (bicyclic) bond motifs is 10. The van der Waals surface area contributed by atoms with Crippen molar-refractivity contribution in [3.63, 3.8) is 0 Å². The van der Waals surface area contributed by atoms with Gasteiger partial charge in [0.1, 0.15) is 26.4 Å². The van der Waals surface area contributed by atoms with Gasteiger partial charge < -0.3 is 89.4 Å². The fourth-order valence-corrected chi connectivity index (χ4v) is 22.5. The molecule has 10 aromatic carbocycles. The molecule has 0 spiro atoms. The Morgan fingerprint density at radius 2 is 0.787 bits per heavy atom. The maximum absolute atomic E-state index is 15.1. The number of amides is 4. The fraction of sp³-hybridized carbons (Fsp3) is 0.333. The van der Waals surface area contributed by atoms with Crippen LogP contribution in [-0.4, -0.2) is 139 Å². The number of ether oxygens (including phenoxy) is 8. The number of methoxy groups -OCH3 is 4. The third-order valence-electron chi connectivity index (χ3n) is 23.6. The molecule has 16 rings (SSSR count). The molecule has 10 aromatic rings. The molecule has 0 unspecified atom stereocenters. The van der Waals surface area contributed by atoms with Crippen LogP contribution in [0.3, 0.4) is 0 Å². The fourth-order valence-electron chi connectivity index (χ4n) is 18.1. The first kappa shape index (κ1) is 84.3. The SMILES string of the molecule is COc1cc(C(=O)N2c3ccccc3C[C@H]2C)c(N)cc1OCc1cc(COc2cc3c(cc2OC)C(=O)N2c4ccc(-c5ccc6c(c5)C[C@@H](C)N6C(=O)c5cc(OC)c(OCc6cc(COc7cc8c(cc7OC)C(=O)N7c9ccccc9C[C@H]7CN8)cc(N(C)CC(C)(C)SSC)c6)cc5N)cc4C[C@H]2CN3)cc(N(C)CC(C)(C)SSC)c1. The minimum Gasteiger partial charge on any atom is -0.493 e. The Labute approximate surface area is 729 Å². The minimum absolute atomic E-state index is 0.0211. The molecule has 6 N–H and O–H groups in total. The molecule has 0 saturated heterocycles. The molecule has 0 aliphatic carbocycles. The summed E-state index contributed by atoms with van der Waals surface area (Å²) in [6.07, 6.45) is 6.96. The van der Waals surface area contributed by atoms with Gasteiger partial charge in [-0.3, -0.25) is 19.2 Å². The molecule has 0 fully saturated rings. The quantitative estimate of drug-likeness (QED) is 0.0252. The van der Waals surface area contributed by atoms with Crippen LogP contribution >= 0.6 is 43.2 Å². The van der Waals surface area contributed by atoms with Crippen LogP contribution in [0.2, 0.25) is 0 Å². The van der Waals surface area contributed by atoms with E-state index >= 15 is 4.79 Å².